The van der Waals surface area contributed by atoms with Gasteiger partial charge in [0.1, 0.15) is 5.82 Å². The van der Waals surface area contributed by atoms with Crippen molar-refractivity contribution in [3.05, 3.63) is 42.1 Å². The number of rotatable bonds is 5. The van der Waals surface area contributed by atoms with Crippen molar-refractivity contribution in [3.63, 3.8) is 0 Å². The highest BCUT2D eigenvalue weighted by atomic mass is 32.2. The first-order chi connectivity index (χ1) is 11.2. The van der Waals surface area contributed by atoms with Gasteiger partial charge in [-0.1, -0.05) is 41.4 Å². The van der Waals surface area contributed by atoms with E-state index < -0.39 is 11.1 Å². The van der Waals surface area contributed by atoms with Crippen LogP contribution in [0.3, 0.4) is 0 Å². The summed E-state index contributed by atoms with van der Waals surface area (Å²) in [5, 5.41) is 0. The quantitative estimate of drug-likeness (QED) is 0.770. The van der Waals surface area contributed by atoms with Gasteiger partial charge in [0.2, 0.25) is 0 Å². The standard InChI is InChI=1S/C16H19N3O3S/c20-23(21)11-6-14-12-15(19-7-9-22-10-8-19)18-16(17-14)13-4-2-1-3-5-13/h1-5,12H,6-11H2,(H,20,21)/p-1. The summed E-state index contributed by atoms with van der Waals surface area (Å²) in [5.74, 6) is 1.52. The molecule has 0 N–H and O–H groups in total. The Hall–Kier alpha value is -1.83. The molecule has 0 spiro atoms. The van der Waals surface area contributed by atoms with E-state index in [1.807, 2.05) is 36.4 Å². The molecule has 1 saturated heterocycles. The van der Waals surface area contributed by atoms with Gasteiger partial charge in [0.05, 0.1) is 13.2 Å². The molecular formula is C16H18N3O3S-. The zero-order chi connectivity index (χ0) is 16.1. The van der Waals surface area contributed by atoms with E-state index in [0.29, 0.717) is 25.5 Å². The maximum atomic E-state index is 10.8. The summed E-state index contributed by atoms with van der Waals surface area (Å²) in [7, 11) is 0. The fraction of sp³-hybridized carbons (Fsp3) is 0.375. The zero-order valence-corrected chi connectivity index (χ0v) is 13.5. The average Bonchev–Trinajstić information content (AvgIpc) is 2.61. The van der Waals surface area contributed by atoms with Gasteiger partial charge in [0.25, 0.3) is 0 Å². The lowest BCUT2D eigenvalue weighted by Gasteiger charge is -2.28. The summed E-state index contributed by atoms with van der Waals surface area (Å²) < 4.78 is 27.1. The van der Waals surface area contributed by atoms with E-state index >= 15 is 0 Å². The molecule has 3 rings (SSSR count). The van der Waals surface area contributed by atoms with Crippen LogP contribution in [0.1, 0.15) is 5.69 Å². The number of aryl methyl sites for hydroxylation is 1. The molecule has 1 aromatic carbocycles. The molecule has 6 nitrogen and oxygen atoms in total. The Labute approximate surface area is 137 Å². The van der Waals surface area contributed by atoms with Crippen LogP contribution in [0.15, 0.2) is 36.4 Å². The number of hydrogen-bond donors (Lipinski definition) is 0. The van der Waals surface area contributed by atoms with E-state index in [2.05, 4.69) is 14.9 Å². The van der Waals surface area contributed by atoms with Crippen LogP contribution in [0, 0.1) is 0 Å². The Bertz CT molecular complexity index is 676. The Kier molecular flexibility index (Phi) is 5.32. The molecule has 0 bridgehead atoms. The molecule has 1 aromatic heterocycles. The summed E-state index contributed by atoms with van der Waals surface area (Å²) in [5.41, 5.74) is 1.66. The van der Waals surface area contributed by atoms with Crippen molar-refractivity contribution < 1.29 is 13.5 Å². The van der Waals surface area contributed by atoms with E-state index in [9.17, 15) is 8.76 Å². The third-order valence-electron chi connectivity index (χ3n) is 3.66. The number of anilines is 1. The zero-order valence-electron chi connectivity index (χ0n) is 12.7. The van der Waals surface area contributed by atoms with Gasteiger partial charge in [-0.15, -0.1) is 0 Å². The van der Waals surface area contributed by atoms with Crippen molar-refractivity contribution in [1.82, 2.24) is 9.97 Å². The normalized spacial score (nSPS) is 16.3. The molecule has 122 valence electrons. The Morgan fingerprint density at radius 1 is 1.17 bits per heavy atom. The van der Waals surface area contributed by atoms with Gasteiger partial charge >= 0.3 is 0 Å². The maximum absolute atomic E-state index is 10.8. The number of ether oxygens (including phenoxy) is 1. The van der Waals surface area contributed by atoms with Crippen LogP contribution in [-0.2, 0) is 22.2 Å². The van der Waals surface area contributed by atoms with Crippen molar-refractivity contribution in [2.45, 2.75) is 6.42 Å². The molecule has 23 heavy (non-hydrogen) atoms. The largest absolute Gasteiger partial charge is 0.772 e. The van der Waals surface area contributed by atoms with Crippen molar-refractivity contribution in [3.8, 4) is 11.4 Å². The van der Waals surface area contributed by atoms with E-state index in [1.54, 1.807) is 0 Å². The van der Waals surface area contributed by atoms with Crippen LogP contribution in [-0.4, -0.2) is 50.8 Å². The average molecular weight is 332 g/mol. The predicted molar refractivity (Wildman–Crippen MR) is 88.0 cm³/mol. The minimum Gasteiger partial charge on any atom is -0.772 e. The van der Waals surface area contributed by atoms with E-state index in [0.717, 1.165) is 30.2 Å². The first-order valence-electron chi connectivity index (χ1n) is 7.54. The fourth-order valence-corrected chi connectivity index (χ4v) is 2.85. The lowest BCUT2D eigenvalue weighted by atomic mass is 10.2. The summed E-state index contributed by atoms with van der Waals surface area (Å²) in [6, 6.07) is 11.6. The highest BCUT2D eigenvalue weighted by Crippen LogP contribution is 2.21. The summed E-state index contributed by atoms with van der Waals surface area (Å²) in [6.45, 7) is 2.89. The number of hydrogen-bond acceptors (Lipinski definition) is 6. The number of nitrogens with zero attached hydrogens (tertiary/aromatic N) is 3. The van der Waals surface area contributed by atoms with E-state index in [4.69, 9.17) is 4.74 Å². The number of aromatic nitrogens is 2. The molecule has 7 heteroatoms. The van der Waals surface area contributed by atoms with Gasteiger partial charge in [-0.3, -0.25) is 4.21 Å². The first-order valence-corrected chi connectivity index (χ1v) is 8.79. The Morgan fingerprint density at radius 3 is 2.61 bits per heavy atom. The van der Waals surface area contributed by atoms with Crippen LogP contribution in [0.5, 0.6) is 0 Å². The number of benzene rings is 1. The fourth-order valence-electron chi connectivity index (χ4n) is 2.47. The molecule has 0 saturated carbocycles. The molecular weight excluding hydrogens is 314 g/mol. The van der Waals surface area contributed by atoms with E-state index in [1.165, 1.54) is 0 Å². The van der Waals surface area contributed by atoms with Crippen LogP contribution in [0.25, 0.3) is 11.4 Å². The molecule has 0 aliphatic carbocycles. The molecule has 2 aromatic rings. The van der Waals surface area contributed by atoms with Crippen LogP contribution >= 0.6 is 0 Å². The molecule has 1 atom stereocenters. The summed E-state index contributed by atoms with van der Waals surface area (Å²) in [4.78, 5) is 11.3. The van der Waals surface area contributed by atoms with Gasteiger partial charge < -0.3 is 14.2 Å². The van der Waals surface area contributed by atoms with Crippen LogP contribution in [0.2, 0.25) is 0 Å². The summed E-state index contributed by atoms with van der Waals surface area (Å²) in [6.07, 6.45) is 0.385. The second-order valence-corrected chi connectivity index (χ2v) is 6.28. The van der Waals surface area contributed by atoms with Crippen LogP contribution in [0.4, 0.5) is 5.82 Å². The lowest BCUT2D eigenvalue weighted by molar-refractivity contribution is 0.122. The second-order valence-electron chi connectivity index (χ2n) is 5.26. The first kappa shape index (κ1) is 16.0. The van der Waals surface area contributed by atoms with Crippen LogP contribution < -0.4 is 4.90 Å². The van der Waals surface area contributed by atoms with Crippen molar-refractivity contribution in [2.75, 3.05) is 37.0 Å². The van der Waals surface area contributed by atoms with Gasteiger partial charge in [-0.25, -0.2) is 9.97 Å². The molecule has 1 fully saturated rings. The third kappa shape index (κ3) is 4.34. The topological polar surface area (TPSA) is 78.4 Å². The van der Waals surface area contributed by atoms with Crippen molar-refractivity contribution in [2.24, 2.45) is 0 Å². The summed E-state index contributed by atoms with van der Waals surface area (Å²) >= 11 is -2.07. The predicted octanol–water partition coefficient (Wildman–Crippen LogP) is 1.40. The SMILES string of the molecule is O=S([O-])CCc1cc(N2CCOCC2)nc(-c2ccccc2)n1. The third-order valence-corrected chi connectivity index (χ3v) is 4.20. The Balaban J connectivity index is 1.94. The molecule has 0 amide bonds. The smallest absolute Gasteiger partial charge is 0.161 e. The minimum absolute atomic E-state index is 0.0633. The van der Waals surface area contributed by atoms with Crippen molar-refractivity contribution in [1.29, 1.82) is 0 Å². The van der Waals surface area contributed by atoms with Gasteiger partial charge in [-0.05, 0) is 0 Å². The molecule has 0 radical (unpaired) electrons. The van der Waals surface area contributed by atoms with Gasteiger partial charge in [-0.2, -0.15) is 0 Å². The molecule has 1 aliphatic rings. The number of morpholine rings is 1. The van der Waals surface area contributed by atoms with E-state index in [-0.39, 0.29) is 5.75 Å². The van der Waals surface area contributed by atoms with Gasteiger partial charge in [0.15, 0.2) is 5.82 Å². The minimum atomic E-state index is -2.07. The van der Waals surface area contributed by atoms with Gasteiger partial charge in [0, 0.05) is 42.6 Å². The molecule has 1 unspecified atom stereocenters. The van der Waals surface area contributed by atoms with Crippen molar-refractivity contribution >= 4 is 16.9 Å². The second kappa shape index (κ2) is 7.63. The highest BCUT2D eigenvalue weighted by molar-refractivity contribution is 7.79. The highest BCUT2D eigenvalue weighted by Gasteiger charge is 2.15. The Morgan fingerprint density at radius 2 is 1.91 bits per heavy atom. The monoisotopic (exact) mass is 332 g/mol. The maximum Gasteiger partial charge on any atom is 0.161 e. The molecule has 1 aliphatic heterocycles. The lowest BCUT2D eigenvalue weighted by Crippen LogP contribution is -2.37. The molecule has 2 heterocycles.